The van der Waals surface area contributed by atoms with Gasteiger partial charge in [0, 0.05) is 24.7 Å². The van der Waals surface area contributed by atoms with E-state index in [1.165, 1.54) is 31.6 Å². The van der Waals surface area contributed by atoms with Crippen LogP contribution in [0.15, 0.2) is 0 Å². The van der Waals surface area contributed by atoms with Crippen molar-refractivity contribution in [3.8, 4) is 0 Å². The van der Waals surface area contributed by atoms with Gasteiger partial charge in [0.05, 0.1) is 0 Å². The third-order valence-electron chi connectivity index (χ3n) is 4.02. The summed E-state index contributed by atoms with van der Waals surface area (Å²) in [5.41, 5.74) is 0.572. The molecule has 2 nitrogen and oxygen atoms in total. The van der Waals surface area contributed by atoms with Crippen LogP contribution in [0.5, 0.6) is 0 Å². The fraction of sp³-hybridized carbons (Fsp3) is 1.00. The zero-order chi connectivity index (χ0) is 15.8. The average Bonchev–Trinajstić information content (AvgIpc) is 2.33. The number of nitrogens with one attached hydrogen (secondary N) is 1. The van der Waals surface area contributed by atoms with Gasteiger partial charge in [0.15, 0.2) is 0 Å². The molecule has 0 radical (unpaired) electrons. The number of thioether (sulfide) groups is 1. The Labute approximate surface area is 132 Å². The predicted octanol–water partition coefficient (Wildman–Crippen LogP) is 4.25. The highest BCUT2D eigenvalue weighted by atomic mass is 32.2. The van der Waals surface area contributed by atoms with Crippen LogP contribution in [-0.2, 0) is 0 Å². The smallest absolute Gasteiger partial charge is 0.00967 e. The van der Waals surface area contributed by atoms with Crippen LogP contribution in [0.25, 0.3) is 0 Å². The largest absolute Gasteiger partial charge is 0.311 e. The molecular weight excluding hydrogens is 264 g/mol. The molecule has 3 heteroatoms. The molecule has 0 saturated carbocycles. The summed E-state index contributed by atoms with van der Waals surface area (Å²) in [6, 6.07) is 0.674. The molecule has 2 atom stereocenters. The van der Waals surface area contributed by atoms with E-state index in [1.54, 1.807) is 0 Å². The maximum atomic E-state index is 3.70. The van der Waals surface area contributed by atoms with Crippen LogP contribution in [0, 0.1) is 5.41 Å². The summed E-state index contributed by atoms with van der Waals surface area (Å²) >= 11 is 1.95. The van der Waals surface area contributed by atoms with Gasteiger partial charge < -0.3 is 10.2 Å². The summed E-state index contributed by atoms with van der Waals surface area (Å²) in [7, 11) is 2.29. The monoisotopic (exact) mass is 302 g/mol. The molecular formula is C17H38N2S. The molecule has 20 heavy (non-hydrogen) atoms. The van der Waals surface area contributed by atoms with Crippen molar-refractivity contribution in [2.24, 2.45) is 5.41 Å². The van der Waals surface area contributed by atoms with Crippen molar-refractivity contribution in [3.05, 3.63) is 0 Å². The SMILES string of the molecule is CCCC(C)(CNC(C)(C)C)CN(C)C(C)CCSC. The Morgan fingerprint density at radius 2 is 1.80 bits per heavy atom. The molecule has 0 aliphatic rings. The maximum absolute atomic E-state index is 3.70. The lowest BCUT2D eigenvalue weighted by Gasteiger charge is -2.38. The van der Waals surface area contributed by atoms with Crippen molar-refractivity contribution in [2.45, 2.75) is 72.4 Å². The van der Waals surface area contributed by atoms with E-state index in [0.29, 0.717) is 11.5 Å². The Morgan fingerprint density at radius 3 is 2.25 bits per heavy atom. The summed E-state index contributed by atoms with van der Waals surface area (Å²) in [6.07, 6.45) is 6.03. The first-order valence-electron chi connectivity index (χ1n) is 8.08. The van der Waals surface area contributed by atoms with Crippen molar-refractivity contribution in [1.82, 2.24) is 10.2 Å². The van der Waals surface area contributed by atoms with Crippen molar-refractivity contribution >= 4 is 11.8 Å². The fourth-order valence-corrected chi connectivity index (χ4v) is 3.15. The van der Waals surface area contributed by atoms with Crippen LogP contribution < -0.4 is 5.32 Å². The lowest BCUT2D eigenvalue weighted by atomic mass is 9.83. The van der Waals surface area contributed by atoms with Crippen LogP contribution in [0.2, 0.25) is 0 Å². The van der Waals surface area contributed by atoms with Crippen LogP contribution in [0.1, 0.15) is 60.8 Å². The second-order valence-corrected chi connectivity index (χ2v) is 8.70. The van der Waals surface area contributed by atoms with E-state index < -0.39 is 0 Å². The first-order chi connectivity index (χ1) is 9.13. The minimum atomic E-state index is 0.206. The van der Waals surface area contributed by atoms with Crippen LogP contribution in [-0.4, -0.2) is 48.6 Å². The summed E-state index contributed by atoms with van der Waals surface area (Å²) in [6.45, 7) is 16.1. The number of hydrogen-bond acceptors (Lipinski definition) is 3. The van der Waals surface area contributed by atoms with E-state index in [2.05, 4.69) is 65.1 Å². The summed E-state index contributed by atoms with van der Waals surface area (Å²) in [5, 5.41) is 3.70. The second-order valence-electron chi connectivity index (χ2n) is 7.71. The van der Waals surface area contributed by atoms with Gasteiger partial charge in [-0.1, -0.05) is 20.3 Å². The van der Waals surface area contributed by atoms with Gasteiger partial charge in [0.25, 0.3) is 0 Å². The third kappa shape index (κ3) is 9.25. The molecule has 0 rings (SSSR count). The molecule has 0 aliphatic heterocycles. The van der Waals surface area contributed by atoms with Crippen LogP contribution in [0.4, 0.5) is 0 Å². The van der Waals surface area contributed by atoms with E-state index in [4.69, 9.17) is 0 Å². The zero-order valence-corrected chi connectivity index (χ0v) is 16.0. The molecule has 2 unspecified atom stereocenters. The van der Waals surface area contributed by atoms with Crippen molar-refractivity contribution in [2.75, 3.05) is 32.1 Å². The van der Waals surface area contributed by atoms with Crippen molar-refractivity contribution < 1.29 is 0 Å². The van der Waals surface area contributed by atoms with Crippen molar-refractivity contribution in [3.63, 3.8) is 0 Å². The zero-order valence-electron chi connectivity index (χ0n) is 15.2. The van der Waals surface area contributed by atoms with E-state index in [-0.39, 0.29) is 5.54 Å². The normalized spacial score (nSPS) is 17.2. The van der Waals surface area contributed by atoms with Crippen LogP contribution in [0.3, 0.4) is 0 Å². The average molecular weight is 303 g/mol. The molecule has 0 aromatic heterocycles. The number of nitrogens with zero attached hydrogens (tertiary/aromatic N) is 1. The lowest BCUT2D eigenvalue weighted by Crippen LogP contribution is -2.48. The molecule has 0 aromatic rings. The minimum Gasteiger partial charge on any atom is -0.311 e. The van der Waals surface area contributed by atoms with Gasteiger partial charge in [-0.2, -0.15) is 11.8 Å². The maximum Gasteiger partial charge on any atom is 0.00967 e. The third-order valence-corrected chi connectivity index (χ3v) is 4.67. The minimum absolute atomic E-state index is 0.206. The van der Waals surface area contributed by atoms with E-state index in [1.807, 2.05) is 11.8 Å². The molecule has 0 aliphatic carbocycles. The highest BCUT2D eigenvalue weighted by Crippen LogP contribution is 2.25. The van der Waals surface area contributed by atoms with Gasteiger partial charge in [-0.3, -0.25) is 0 Å². The van der Waals surface area contributed by atoms with Crippen molar-refractivity contribution in [1.29, 1.82) is 0 Å². The topological polar surface area (TPSA) is 15.3 Å². The van der Waals surface area contributed by atoms with Gasteiger partial charge in [-0.05, 0) is 65.0 Å². The highest BCUT2D eigenvalue weighted by Gasteiger charge is 2.28. The van der Waals surface area contributed by atoms with Gasteiger partial charge in [0.1, 0.15) is 0 Å². The van der Waals surface area contributed by atoms with Gasteiger partial charge in [-0.25, -0.2) is 0 Å². The quantitative estimate of drug-likeness (QED) is 0.649. The Kier molecular flexibility index (Phi) is 9.45. The Bertz CT molecular complexity index is 250. The first kappa shape index (κ1) is 20.3. The number of rotatable bonds is 10. The van der Waals surface area contributed by atoms with E-state index >= 15 is 0 Å². The molecule has 0 saturated heterocycles. The molecule has 0 aromatic carbocycles. The van der Waals surface area contributed by atoms with Crippen LogP contribution >= 0.6 is 11.8 Å². The fourth-order valence-electron chi connectivity index (χ4n) is 2.57. The molecule has 1 N–H and O–H groups in total. The summed E-state index contributed by atoms with van der Waals surface area (Å²) in [4.78, 5) is 2.55. The first-order valence-corrected chi connectivity index (χ1v) is 9.47. The van der Waals surface area contributed by atoms with Gasteiger partial charge in [0.2, 0.25) is 0 Å². The molecule has 122 valence electrons. The van der Waals surface area contributed by atoms with E-state index in [9.17, 15) is 0 Å². The lowest BCUT2D eigenvalue weighted by molar-refractivity contribution is 0.132. The van der Waals surface area contributed by atoms with E-state index in [0.717, 1.165) is 6.54 Å². The number of hydrogen-bond donors (Lipinski definition) is 1. The standard InChI is InChI=1S/C17H38N2S/c1-9-11-17(6,13-18-16(3,4)5)14-19(7)15(2)10-12-20-8/h15,18H,9-14H2,1-8H3. The predicted molar refractivity (Wildman–Crippen MR) is 95.9 cm³/mol. The second kappa shape index (κ2) is 9.32. The Morgan fingerprint density at radius 1 is 1.20 bits per heavy atom. The summed E-state index contributed by atoms with van der Waals surface area (Å²) in [5.74, 6) is 1.26. The molecule has 0 spiro atoms. The Balaban J connectivity index is 4.49. The Hall–Kier alpha value is 0.270. The highest BCUT2D eigenvalue weighted by molar-refractivity contribution is 7.98. The molecule has 0 heterocycles. The molecule has 0 fully saturated rings. The molecule has 0 bridgehead atoms. The molecule has 0 amide bonds. The summed E-state index contributed by atoms with van der Waals surface area (Å²) < 4.78 is 0. The van der Waals surface area contributed by atoms with Gasteiger partial charge >= 0.3 is 0 Å². The van der Waals surface area contributed by atoms with Gasteiger partial charge in [-0.15, -0.1) is 0 Å².